The van der Waals surface area contributed by atoms with E-state index in [0.717, 1.165) is 5.56 Å². The summed E-state index contributed by atoms with van der Waals surface area (Å²) in [5.41, 5.74) is 0.582. The Morgan fingerprint density at radius 1 is 1.21 bits per heavy atom. The fourth-order valence-corrected chi connectivity index (χ4v) is 3.39. The number of amides is 2. The Balaban J connectivity index is 1.66. The number of rotatable bonds is 5. The van der Waals surface area contributed by atoms with Crippen LogP contribution in [0.2, 0.25) is 0 Å². The molecule has 1 N–H and O–H groups in total. The Labute approximate surface area is 161 Å². The van der Waals surface area contributed by atoms with Gasteiger partial charge >= 0.3 is 5.63 Å². The first kappa shape index (κ1) is 17.9. The maximum Gasteiger partial charge on any atom is 0.349 e. The van der Waals surface area contributed by atoms with Gasteiger partial charge in [0.25, 0.3) is 5.91 Å². The highest BCUT2D eigenvalue weighted by atomic mass is 16.4. The molecule has 0 aliphatic carbocycles. The molecule has 3 aromatic rings. The van der Waals surface area contributed by atoms with Crippen molar-refractivity contribution in [1.82, 2.24) is 15.2 Å². The molecule has 7 nitrogen and oxygen atoms in total. The number of aromatic nitrogens is 1. The summed E-state index contributed by atoms with van der Waals surface area (Å²) in [6.45, 7) is 0.594. The summed E-state index contributed by atoms with van der Waals surface area (Å²) in [5.74, 6) is -0.450. The highest BCUT2D eigenvalue weighted by Gasteiger charge is 2.27. The van der Waals surface area contributed by atoms with Crippen LogP contribution in [0.15, 0.2) is 64.1 Å². The van der Waals surface area contributed by atoms with Crippen LogP contribution in [0.1, 0.15) is 28.8 Å². The number of pyridine rings is 1. The lowest BCUT2D eigenvalue weighted by Gasteiger charge is -2.25. The topological polar surface area (TPSA) is 92.5 Å². The van der Waals surface area contributed by atoms with Crippen LogP contribution in [0.4, 0.5) is 0 Å². The van der Waals surface area contributed by atoms with E-state index in [4.69, 9.17) is 4.42 Å². The lowest BCUT2D eigenvalue weighted by molar-refractivity contribution is -0.119. The Kier molecular flexibility index (Phi) is 4.89. The van der Waals surface area contributed by atoms with Gasteiger partial charge in [0.05, 0.1) is 0 Å². The van der Waals surface area contributed by atoms with Crippen LogP contribution in [-0.4, -0.2) is 34.3 Å². The van der Waals surface area contributed by atoms with E-state index in [9.17, 15) is 14.4 Å². The standard InChI is InChI=1S/C21H19N3O4/c25-19-8-7-16(23-19)13-24(12-14-4-3-9-22-11-14)20(26)17-10-15-5-1-2-6-18(15)28-21(17)27/h1-6,9-11,16H,7-8,12-13H2,(H,23,25)/t16-/m0/s1. The molecule has 1 atom stereocenters. The van der Waals surface area contributed by atoms with E-state index >= 15 is 0 Å². The van der Waals surface area contributed by atoms with Crippen LogP contribution in [0.3, 0.4) is 0 Å². The summed E-state index contributed by atoms with van der Waals surface area (Å²) < 4.78 is 5.32. The predicted molar refractivity (Wildman–Crippen MR) is 103 cm³/mol. The van der Waals surface area contributed by atoms with Crippen molar-refractivity contribution in [1.29, 1.82) is 0 Å². The van der Waals surface area contributed by atoms with Crippen molar-refractivity contribution in [2.75, 3.05) is 6.54 Å². The Hall–Kier alpha value is -3.48. The molecule has 3 heterocycles. The van der Waals surface area contributed by atoms with Crippen molar-refractivity contribution in [2.24, 2.45) is 0 Å². The summed E-state index contributed by atoms with van der Waals surface area (Å²) in [7, 11) is 0. The number of carbonyl (C=O) groups is 2. The van der Waals surface area contributed by atoms with Gasteiger partial charge in [-0.05, 0) is 30.2 Å². The van der Waals surface area contributed by atoms with Gasteiger partial charge in [0, 0.05) is 43.3 Å². The van der Waals surface area contributed by atoms with Gasteiger partial charge in [0.2, 0.25) is 5.91 Å². The lowest BCUT2D eigenvalue weighted by atomic mass is 10.1. The molecule has 0 bridgehead atoms. The Bertz CT molecular complexity index is 1080. The Morgan fingerprint density at radius 3 is 2.82 bits per heavy atom. The highest BCUT2D eigenvalue weighted by Crippen LogP contribution is 2.17. The normalized spacial score (nSPS) is 16.1. The van der Waals surface area contributed by atoms with E-state index in [-0.39, 0.29) is 24.1 Å². The third kappa shape index (κ3) is 3.78. The molecule has 142 valence electrons. The zero-order valence-electron chi connectivity index (χ0n) is 15.1. The second-order valence-electron chi connectivity index (χ2n) is 6.84. The third-order valence-corrected chi connectivity index (χ3v) is 4.78. The quantitative estimate of drug-likeness (QED) is 0.688. The molecule has 0 unspecified atom stereocenters. The summed E-state index contributed by atoms with van der Waals surface area (Å²) in [4.78, 5) is 42.8. The molecule has 7 heteroatoms. The Morgan fingerprint density at radius 2 is 2.07 bits per heavy atom. The fraction of sp³-hybridized carbons (Fsp3) is 0.238. The van der Waals surface area contributed by atoms with Crippen LogP contribution in [0, 0.1) is 0 Å². The number of nitrogens with one attached hydrogen (secondary N) is 1. The van der Waals surface area contributed by atoms with Crippen molar-refractivity contribution in [3.63, 3.8) is 0 Å². The van der Waals surface area contributed by atoms with Gasteiger partial charge in [-0.15, -0.1) is 0 Å². The first-order chi connectivity index (χ1) is 13.6. The number of hydrogen-bond acceptors (Lipinski definition) is 5. The summed E-state index contributed by atoms with van der Waals surface area (Å²) >= 11 is 0. The van der Waals surface area contributed by atoms with Gasteiger partial charge in [-0.2, -0.15) is 0 Å². The molecule has 28 heavy (non-hydrogen) atoms. The van der Waals surface area contributed by atoms with Gasteiger partial charge in [-0.3, -0.25) is 14.6 Å². The maximum atomic E-state index is 13.2. The maximum absolute atomic E-state index is 13.2. The number of benzene rings is 1. The second-order valence-corrected chi connectivity index (χ2v) is 6.84. The number of carbonyl (C=O) groups excluding carboxylic acids is 2. The smallest absolute Gasteiger partial charge is 0.349 e. The average molecular weight is 377 g/mol. The molecule has 0 saturated carbocycles. The first-order valence-corrected chi connectivity index (χ1v) is 9.10. The summed E-state index contributed by atoms with van der Waals surface area (Å²) in [5, 5.41) is 3.55. The lowest BCUT2D eigenvalue weighted by Crippen LogP contribution is -2.42. The molecule has 0 radical (unpaired) electrons. The van der Waals surface area contributed by atoms with Crippen LogP contribution in [0.25, 0.3) is 11.0 Å². The van der Waals surface area contributed by atoms with Crippen molar-refractivity contribution < 1.29 is 14.0 Å². The average Bonchev–Trinajstić information content (AvgIpc) is 3.12. The molecule has 2 amide bonds. The zero-order chi connectivity index (χ0) is 19.5. The van der Waals surface area contributed by atoms with E-state index in [2.05, 4.69) is 10.3 Å². The second kappa shape index (κ2) is 7.64. The van der Waals surface area contributed by atoms with Crippen LogP contribution in [-0.2, 0) is 11.3 Å². The molecule has 4 rings (SSSR count). The minimum atomic E-state index is -0.671. The van der Waals surface area contributed by atoms with Crippen LogP contribution >= 0.6 is 0 Å². The minimum absolute atomic E-state index is 0.0214. The van der Waals surface area contributed by atoms with E-state index < -0.39 is 11.5 Å². The van der Waals surface area contributed by atoms with Crippen LogP contribution < -0.4 is 10.9 Å². The molecular formula is C21H19N3O4. The van der Waals surface area contributed by atoms with E-state index in [1.54, 1.807) is 47.6 Å². The minimum Gasteiger partial charge on any atom is -0.422 e. The van der Waals surface area contributed by atoms with Gasteiger partial charge in [0.15, 0.2) is 0 Å². The zero-order valence-corrected chi connectivity index (χ0v) is 15.1. The monoisotopic (exact) mass is 377 g/mol. The third-order valence-electron chi connectivity index (χ3n) is 4.78. The number of para-hydroxylation sites is 1. The van der Waals surface area contributed by atoms with Gasteiger partial charge in [-0.25, -0.2) is 4.79 Å². The predicted octanol–water partition coefficient (Wildman–Crippen LogP) is 2.11. The highest BCUT2D eigenvalue weighted by molar-refractivity contribution is 5.96. The van der Waals surface area contributed by atoms with Crippen molar-refractivity contribution in [3.8, 4) is 0 Å². The number of hydrogen-bond donors (Lipinski definition) is 1. The summed E-state index contributed by atoms with van der Waals surface area (Å²) in [6.07, 6.45) is 4.43. The van der Waals surface area contributed by atoms with Crippen molar-refractivity contribution in [2.45, 2.75) is 25.4 Å². The molecule has 1 fully saturated rings. The SMILES string of the molecule is O=C1CC[C@@H](CN(Cc2cccnc2)C(=O)c2cc3ccccc3oc2=O)N1. The van der Waals surface area contributed by atoms with E-state index in [1.807, 2.05) is 12.1 Å². The largest absolute Gasteiger partial charge is 0.422 e. The van der Waals surface area contributed by atoms with Crippen LogP contribution in [0.5, 0.6) is 0 Å². The van der Waals surface area contributed by atoms with Gasteiger partial charge in [0.1, 0.15) is 11.1 Å². The molecule has 1 aliphatic heterocycles. The molecule has 1 aromatic carbocycles. The van der Waals surface area contributed by atoms with E-state index in [0.29, 0.717) is 30.4 Å². The number of fused-ring (bicyclic) bond motifs is 1. The van der Waals surface area contributed by atoms with E-state index in [1.165, 1.54) is 0 Å². The molecule has 1 saturated heterocycles. The van der Waals surface area contributed by atoms with Crippen molar-refractivity contribution in [3.05, 3.63) is 76.4 Å². The van der Waals surface area contributed by atoms with Gasteiger partial charge in [-0.1, -0.05) is 24.3 Å². The molecule has 1 aliphatic rings. The van der Waals surface area contributed by atoms with Gasteiger partial charge < -0.3 is 14.6 Å². The van der Waals surface area contributed by atoms with Crippen molar-refractivity contribution >= 4 is 22.8 Å². The molecule has 0 spiro atoms. The number of nitrogens with zero attached hydrogens (tertiary/aromatic N) is 2. The summed E-state index contributed by atoms with van der Waals surface area (Å²) in [6, 6.07) is 12.1. The molecular weight excluding hydrogens is 358 g/mol. The first-order valence-electron chi connectivity index (χ1n) is 9.10. The fourth-order valence-electron chi connectivity index (χ4n) is 3.39. The molecule has 2 aromatic heterocycles.